The summed E-state index contributed by atoms with van der Waals surface area (Å²) < 4.78 is 5.82. The SMILES string of the molecule is CCC1(C)CC(NC(C)CC(C)O)CCO1. The lowest BCUT2D eigenvalue weighted by Crippen LogP contribution is -2.48. The summed E-state index contributed by atoms with van der Waals surface area (Å²) in [6, 6.07) is 0.914. The fourth-order valence-electron chi connectivity index (χ4n) is 2.50. The van der Waals surface area contributed by atoms with Gasteiger partial charge in [-0.25, -0.2) is 0 Å². The predicted molar refractivity (Wildman–Crippen MR) is 66.6 cm³/mol. The van der Waals surface area contributed by atoms with Crippen molar-refractivity contribution in [2.24, 2.45) is 0 Å². The summed E-state index contributed by atoms with van der Waals surface area (Å²) in [5.41, 5.74) is 0.0421. The third kappa shape index (κ3) is 4.40. The molecule has 0 spiro atoms. The Morgan fingerprint density at radius 1 is 1.50 bits per heavy atom. The van der Waals surface area contributed by atoms with Crippen molar-refractivity contribution in [2.75, 3.05) is 6.61 Å². The molecule has 3 heteroatoms. The average Bonchev–Trinajstić information content (AvgIpc) is 2.16. The van der Waals surface area contributed by atoms with Crippen molar-refractivity contribution >= 4 is 0 Å². The molecule has 4 atom stereocenters. The van der Waals surface area contributed by atoms with Crippen molar-refractivity contribution in [1.82, 2.24) is 5.32 Å². The van der Waals surface area contributed by atoms with E-state index in [1.165, 1.54) is 0 Å². The molecule has 96 valence electrons. The third-order valence-corrected chi connectivity index (χ3v) is 3.56. The monoisotopic (exact) mass is 229 g/mol. The topological polar surface area (TPSA) is 41.5 Å². The van der Waals surface area contributed by atoms with Crippen LogP contribution in [0.5, 0.6) is 0 Å². The molecule has 1 aliphatic heterocycles. The Labute approximate surface area is 99.6 Å². The molecule has 0 bridgehead atoms. The van der Waals surface area contributed by atoms with E-state index >= 15 is 0 Å². The van der Waals surface area contributed by atoms with Gasteiger partial charge in [-0.1, -0.05) is 6.92 Å². The van der Waals surface area contributed by atoms with Gasteiger partial charge in [-0.15, -0.1) is 0 Å². The Kier molecular flexibility index (Phi) is 5.22. The molecule has 0 aromatic heterocycles. The molecular weight excluding hydrogens is 202 g/mol. The summed E-state index contributed by atoms with van der Waals surface area (Å²) in [7, 11) is 0. The molecule has 1 saturated heterocycles. The number of hydrogen-bond acceptors (Lipinski definition) is 3. The molecule has 16 heavy (non-hydrogen) atoms. The van der Waals surface area contributed by atoms with Crippen molar-refractivity contribution < 1.29 is 9.84 Å². The van der Waals surface area contributed by atoms with E-state index in [2.05, 4.69) is 26.1 Å². The standard InChI is InChI=1S/C13H27NO2/c1-5-13(4)9-12(6-7-16-13)14-10(2)8-11(3)15/h10-12,14-15H,5-9H2,1-4H3. The number of aliphatic hydroxyl groups excluding tert-OH is 1. The highest BCUT2D eigenvalue weighted by Crippen LogP contribution is 2.28. The number of rotatable bonds is 5. The average molecular weight is 229 g/mol. The molecule has 0 aromatic carbocycles. The maximum Gasteiger partial charge on any atom is 0.0666 e. The first-order valence-electron chi connectivity index (χ1n) is 6.53. The van der Waals surface area contributed by atoms with Gasteiger partial charge in [0, 0.05) is 18.7 Å². The van der Waals surface area contributed by atoms with Gasteiger partial charge in [0.25, 0.3) is 0 Å². The smallest absolute Gasteiger partial charge is 0.0666 e. The van der Waals surface area contributed by atoms with Gasteiger partial charge in [0.15, 0.2) is 0 Å². The second-order valence-corrected chi connectivity index (χ2v) is 5.49. The second-order valence-electron chi connectivity index (χ2n) is 5.49. The zero-order valence-electron chi connectivity index (χ0n) is 11.1. The summed E-state index contributed by atoms with van der Waals surface area (Å²) in [5, 5.41) is 12.9. The fourth-order valence-corrected chi connectivity index (χ4v) is 2.50. The Bertz CT molecular complexity index is 208. The minimum Gasteiger partial charge on any atom is -0.393 e. The van der Waals surface area contributed by atoms with Crippen molar-refractivity contribution in [1.29, 1.82) is 0 Å². The van der Waals surface area contributed by atoms with Crippen LogP contribution in [0.15, 0.2) is 0 Å². The van der Waals surface area contributed by atoms with Gasteiger partial charge < -0.3 is 15.2 Å². The first kappa shape index (κ1) is 13.9. The van der Waals surface area contributed by atoms with Crippen LogP contribution < -0.4 is 5.32 Å². The molecule has 0 saturated carbocycles. The van der Waals surface area contributed by atoms with E-state index in [0.29, 0.717) is 12.1 Å². The maximum absolute atomic E-state index is 9.34. The van der Waals surface area contributed by atoms with E-state index in [1.54, 1.807) is 0 Å². The number of nitrogens with one attached hydrogen (secondary N) is 1. The van der Waals surface area contributed by atoms with Gasteiger partial charge >= 0.3 is 0 Å². The van der Waals surface area contributed by atoms with Crippen molar-refractivity contribution in [3.8, 4) is 0 Å². The highest BCUT2D eigenvalue weighted by molar-refractivity contribution is 4.86. The van der Waals surface area contributed by atoms with Crippen LogP contribution in [0.2, 0.25) is 0 Å². The van der Waals surface area contributed by atoms with E-state index in [1.807, 2.05) is 6.92 Å². The van der Waals surface area contributed by atoms with E-state index in [0.717, 1.165) is 32.3 Å². The highest BCUT2D eigenvalue weighted by Gasteiger charge is 2.31. The molecule has 0 aromatic rings. The molecule has 3 nitrogen and oxygen atoms in total. The van der Waals surface area contributed by atoms with Crippen LogP contribution in [0.25, 0.3) is 0 Å². The minimum atomic E-state index is -0.222. The molecule has 2 N–H and O–H groups in total. The van der Waals surface area contributed by atoms with Crippen LogP contribution in [0, 0.1) is 0 Å². The van der Waals surface area contributed by atoms with Gasteiger partial charge in [0.05, 0.1) is 11.7 Å². The van der Waals surface area contributed by atoms with Crippen LogP contribution in [0.1, 0.15) is 53.4 Å². The van der Waals surface area contributed by atoms with Gasteiger partial charge in [0.2, 0.25) is 0 Å². The summed E-state index contributed by atoms with van der Waals surface area (Å²) in [6.45, 7) is 9.22. The van der Waals surface area contributed by atoms with E-state index in [-0.39, 0.29) is 11.7 Å². The van der Waals surface area contributed by atoms with Crippen LogP contribution >= 0.6 is 0 Å². The zero-order chi connectivity index (χ0) is 12.2. The Morgan fingerprint density at radius 2 is 2.19 bits per heavy atom. The Hall–Kier alpha value is -0.120. The second kappa shape index (κ2) is 5.99. The van der Waals surface area contributed by atoms with Gasteiger partial charge in [-0.2, -0.15) is 0 Å². The number of ether oxygens (including phenoxy) is 1. The van der Waals surface area contributed by atoms with Crippen molar-refractivity contribution in [2.45, 2.75) is 77.2 Å². The van der Waals surface area contributed by atoms with Crippen molar-refractivity contribution in [3.05, 3.63) is 0 Å². The van der Waals surface area contributed by atoms with Crippen LogP contribution in [0.3, 0.4) is 0 Å². The molecule has 4 unspecified atom stereocenters. The number of hydrogen-bond donors (Lipinski definition) is 2. The lowest BCUT2D eigenvalue weighted by atomic mass is 9.89. The van der Waals surface area contributed by atoms with Crippen LogP contribution in [-0.2, 0) is 4.74 Å². The molecule has 0 amide bonds. The summed E-state index contributed by atoms with van der Waals surface area (Å²) in [5.74, 6) is 0. The molecule has 1 fully saturated rings. The highest BCUT2D eigenvalue weighted by atomic mass is 16.5. The number of aliphatic hydroxyl groups is 1. The quantitative estimate of drug-likeness (QED) is 0.758. The molecule has 1 aliphatic rings. The van der Waals surface area contributed by atoms with Crippen LogP contribution in [0.4, 0.5) is 0 Å². The lowest BCUT2D eigenvalue weighted by molar-refractivity contribution is -0.0792. The normalized spacial score (nSPS) is 34.7. The molecule has 1 rings (SSSR count). The molecular formula is C13H27NO2. The van der Waals surface area contributed by atoms with E-state index < -0.39 is 0 Å². The molecule has 0 radical (unpaired) electrons. The zero-order valence-corrected chi connectivity index (χ0v) is 11.1. The fraction of sp³-hybridized carbons (Fsp3) is 1.00. The summed E-state index contributed by atoms with van der Waals surface area (Å²) >= 11 is 0. The van der Waals surface area contributed by atoms with Gasteiger partial charge in [0.1, 0.15) is 0 Å². The summed E-state index contributed by atoms with van der Waals surface area (Å²) in [4.78, 5) is 0. The molecule has 1 heterocycles. The van der Waals surface area contributed by atoms with E-state index in [9.17, 15) is 5.11 Å². The van der Waals surface area contributed by atoms with Gasteiger partial charge in [-0.3, -0.25) is 0 Å². The predicted octanol–water partition coefficient (Wildman–Crippen LogP) is 2.08. The van der Waals surface area contributed by atoms with Crippen molar-refractivity contribution in [3.63, 3.8) is 0 Å². The minimum absolute atomic E-state index is 0.0421. The Balaban J connectivity index is 2.37. The van der Waals surface area contributed by atoms with Gasteiger partial charge in [-0.05, 0) is 46.5 Å². The first-order valence-corrected chi connectivity index (χ1v) is 6.53. The lowest BCUT2D eigenvalue weighted by Gasteiger charge is -2.39. The Morgan fingerprint density at radius 3 is 2.75 bits per heavy atom. The molecule has 0 aliphatic carbocycles. The maximum atomic E-state index is 9.34. The summed E-state index contributed by atoms with van der Waals surface area (Å²) in [6.07, 6.45) is 3.82. The van der Waals surface area contributed by atoms with E-state index in [4.69, 9.17) is 4.74 Å². The largest absolute Gasteiger partial charge is 0.393 e. The van der Waals surface area contributed by atoms with Crippen LogP contribution in [-0.4, -0.2) is 35.5 Å². The first-order chi connectivity index (χ1) is 7.45. The third-order valence-electron chi connectivity index (χ3n) is 3.56.